The quantitative estimate of drug-likeness (QED) is 0.857. The van der Waals surface area contributed by atoms with Crippen molar-refractivity contribution in [3.63, 3.8) is 0 Å². The van der Waals surface area contributed by atoms with Gasteiger partial charge < -0.3 is 5.32 Å². The van der Waals surface area contributed by atoms with Gasteiger partial charge in [-0.25, -0.2) is 9.67 Å². The third-order valence-electron chi connectivity index (χ3n) is 4.16. The Bertz CT molecular complexity index is 700. The monoisotopic (exact) mass is 353 g/mol. The van der Waals surface area contributed by atoms with Crippen LogP contribution in [0, 0.1) is 0 Å². The molecule has 9 heteroatoms. The molecule has 1 amide bonds. The Morgan fingerprint density at radius 2 is 1.96 bits per heavy atom. The summed E-state index contributed by atoms with van der Waals surface area (Å²) < 4.78 is 39.5. The normalized spacial score (nSPS) is 20.6. The molecule has 0 unspecified atom stereocenters. The van der Waals surface area contributed by atoms with Crippen LogP contribution in [0.4, 0.5) is 13.2 Å². The second-order valence-corrected chi connectivity index (χ2v) is 6.02. The minimum Gasteiger partial charge on any atom is -0.351 e. The Hall–Kier alpha value is -2.42. The number of carbonyl (C=O) groups is 1. The molecule has 0 aliphatic carbocycles. The number of nitrogens with zero attached hydrogens (tertiary/aromatic N) is 3. The van der Waals surface area contributed by atoms with Crippen LogP contribution in [-0.2, 0) is 17.9 Å². The number of rotatable bonds is 5. The molecule has 1 fully saturated rings. The van der Waals surface area contributed by atoms with Crippen molar-refractivity contribution in [2.75, 3.05) is 0 Å². The fourth-order valence-corrected chi connectivity index (χ4v) is 2.78. The lowest BCUT2D eigenvalue weighted by atomic mass is 10.1. The third-order valence-corrected chi connectivity index (χ3v) is 4.16. The summed E-state index contributed by atoms with van der Waals surface area (Å²) in [5.41, 5.74) is 1.91. The topological polar surface area (TPSA) is 71.8 Å². The summed E-state index contributed by atoms with van der Waals surface area (Å²) in [6.45, 7) is 0.870. The van der Waals surface area contributed by atoms with Gasteiger partial charge >= 0.3 is 6.18 Å². The third kappa shape index (κ3) is 4.56. The van der Waals surface area contributed by atoms with Crippen LogP contribution in [0.1, 0.15) is 24.0 Å². The van der Waals surface area contributed by atoms with Gasteiger partial charge in [-0.2, -0.15) is 18.3 Å². The van der Waals surface area contributed by atoms with Gasteiger partial charge in [-0.1, -0.05) is 24.3 Å². The molecule has 0 bridgehead atoms. The van der Waals surface area contributed by atoms with E-state index in [2.05, 4.69) is 20.7 Å². The van der Waals surface area contributed by atoms with E-state index in [1.807, 2.05) is 24.3 Å². The minimum absolute atomic E-state index is 0.0709. The SMILES string of the molecule is O=C(NCc1ccc(Cn2cncn2)cc1)[C@H]1CC[C@@H](C(F)(F)F)N1. The molecule has 6 nitrogen and oxygen atoms in total. The highest BCUT2D eigenvalue weighted by Gasteiger charge is 2.45. The zero-order valence-electron chi connectivity index (χ0n) is 13.3. The summed E-state index contributed by atoms with van der Waals surface area (Å²) in [4.78, 5) is 15.9. The van der Waals surface area contributed by atoms with Crippen molar-refractivity contribution in [1.82, 2.24) is 25.4 Å². The fraction of sp³-hybridized carbons (Fsp3) is 0.438. The van der Waals surface area contributed by atoms with Crippen LogP contribution in [0.2, 0.25) is 0 Å². The van der Waals surface area contributed by atoms with Crippen molar-refractivity contribution < 1.29 is 18.0 Å². The summed E-state index contributed by atoms with van der Waals surface area (Å²) in [7, 11) is 0. The molecular weight excluding hydrogens is 335 g/mol. The lowest BCUT2D eigenvalue weighted by molar-refractivity contribution is -0.153. The lowest BCUT2D eigenvalue weighted by Crippen LogP contribution is -2.46. The fourth-order valence-electron chi connectivity index (χ4n) is 2.78. The van der Waals surface area contributed by atoms with Crippen LogP contribution in [0.5, 0.6) is 0 Å². The van der Waals surface area contributed by atoms with E-state index >= 15 is 0 Å². The van der Waals surface area contributed by atoms with Crippen molar-refractivity contribution in [2.24, 2.45) is 0 Å². The molecule has 2 heterocycles. The molecule has 1 aliphatic rings. The molecule has 1 aromatic heterocycles. The number of nitrogens with one attached hydrogen (secondary N) is 2. The Labute approximate surface area is 142 Å². The van der Waals surface area contributed by atoms with Gasteiger partial charge in [-0.05, 0) is 24.0 Å². The molecule has 0 saturated carbocycles. The van der Waals surface area contributed by atoms with Crippen molar-refractivity contribution in [3.8, 4) is 0 Å². The summed E-state index contributed by atoms with van der Waals surface area (Å²) in [6.07, 6.45) is -1.11. The maximum atomic E-state index is 12.6. The van der Waals surface area contributed by atoms with Gasteiger partial charge in [0.25, 0.3) is 0 Å². The van der Waals surface area contributed by atoms with E-state index in [0.717, 1.165) is 11.1 Å². The number of alkyl halides is 3. The maximum absolute atomic E-state index is 12.6. The zero-order valence-corrected chi connectivity index (χ0v) is 13.3. The van der Waals surface area contributed by atoms with E-state index in [4.69, 9.17) is 0 Å². The highest BCUT2D eigenvalue weighted by molar-refractivity contribution is 5.82. The van der Waals surface area contributed by atoms with E-state index < -0.39 is 24.2 Å². The summed E-state index contributed by atoms with van der Waals surface area (Å²) in [5, 5.41) is 9.05. The number of hydrogen-bond donors (Lipinski definition) is 2. The van der Waals surface area contributed by atoms with Crippen LogP contribution in [0.15, 0.2) is 36.9 Å². The van der Waals surface area contributed by atoms with E-state index in [-0.39, 0.29) is 19.4 Å². The van der Waals surface area contributed by atoms with E-state index in [1.165, 1.54) is 6.33 Å². The summed E-state index contributed by atoms with van der Waals surface area (Å²) in [5.74, 6) is -0.404. The molecule has 0 radical (unpaired) electrons. The standard InChI is InChI=1S/C16H18F3N5O/c17-16(18,19)14-6-5-13(23-14)15(25)21-7-11-1-3-12(4-2-11)8-24-10-20-9-22-24/h1-4,9-10,13-14,23H,5-8H2,(H,21,25)/t13-,14+/m1/s1. The maximum Gasteiger partial charge on any atom is 0.403 e. The van der Waals surface area contributed by atoms with E-state index in [9.17, 15) is 18.0 Å². The first-order valence-electron chi connectivity index (χ1n) is 7.92. The number of benzene rings is 1. The number of halogens is 3. The molecule has 2 aromatic rings. The molecule has 1 saturated heterocycles. The van der Waals surface area contributed by atoms with Gasteiger partial charge in [0.1, 0.15) is 18.7 Å². The summed E-state index contributed by atoms with van der Waals surface area (Å²) in [6, 6.07) is 5.17. The molecule has 3 rings (SSSR count). The Kier molecular flexibility index (Phi) is 5.03. The molecule has 1 aliphatic heterocycles. The number of amides is 1. The van der Waals surface area contributed by atoms with Gasteiger partial charge in [-0.15, -0.1) is 0 Å². The second kappa shape index (κ2) is 7.22. The van der Waals surface area contributed by atoms with Gasteiger partial charge in [0.2, 0.25) is 5.91 Å². The van der Waals surface area contributed by atoms with Gasteiger partial charge in [0, 0.05) is 6.54 Å². The van der Waals surface area contributed by atoms with E-state index in [1.54, 1.807) is 11.0 Å². The van der Waals surface area contributed by atoms with Crippen LogP contribution in [0.3, 0.4) is 0 Å². The van der Waals surface area contributed by atoms with Crippen molar-refractivity contribution in [2.45, 2.75) is 44.2 Å². The highest BCUT2D eigenvalue weighted by Crippen LogP contribution is 2.28. The molecule has 2 atom stereocenters. The van der Waals surface area contributed by atoms with E-state index in [0.29, 0.717) is 6.54 Å². The average molecular weight is 353 g/mol. The predicted octanol–water partition coefficient (Wildman–Crippen LogP) is 1.63. The van der Waals surface area contributed by atoms with Gasteiger partial charge in [-0.3, -0.25) is 10.1 Å². The van der Waals surface area contributed by atoms with Crippen LogP contribution in [-0.4, -0.2) is 38.9 Å². The first-order valence-corrected chi connectivity index (χ1v) is 7.92. The van der Waals surface area contributed by atoms with Crippen molar-refractivity contribution in [1.29, 1.82) is 0 Å². The minimum atomic E-state index is -4.31. The van der Waals surface area contributed by atoms with Gasteiger partial charge in [0.05, 0.1) is 12.6 Å². The Morgan fingerprint density at radius 3 is 2.56 bits per heavy atom. The molecule has 1 aromatic carbocycles. The first kappa shape index (κ1) is 17.4. The summed E-state index contributed by atoms with van der Waals surface area (Å²) >= 11 is 0. The Morgan fingerprint density at radius 1 is 1.24 bits per heavy atom. The first-order chi connectivity index (χ1) is 11.9. The average Bonchev–Trinajstić information content (AvgIpc) is 3.25. The van der Waals surface area contributed by atoms with Crippen molar-refractivity contribution in [3.05, 3.63) is 48.0 Å². The second-order valence-electron chi connectivity index (χ2n) is 6.02. The number of carbonyl (C=O) groups excluding carboxylic acids is 1. The van der Waals surface area contributed by atoms with Crippen molar-refractivity contribution >= 4 is 5.91 Å². The predicted molar refractivity (Wildman–Crippen MR) is 83.4 cm³/mol. The number of hydrogen-bond acceptors (Lipinski definition) is 4. The van der Waals surface area contributed by atoms with Gasteiger partial charge in [0.15, 0.2) is 0 Å². The zero-order chi connectivity index (χ0) is 17.9. The Balaban J connectivity index is 1.48. The molecule has 2 N–H and O–H groups in total. The molecule has 134 valence electrons. The highest BCUT2D eigenvalue weighted by atomic mass is 19.4. The smallest absolute Gasteiger partial charge is 0.351 e. The lowest BCUT2D eigenvalue weighted by Gasteiger charge is -2.17. The molecule has 0 spiro atoms. The van der Waals surface area contributed by atoms with Crippen LogP contribution in [0.25, 0.3) is 0 Å². The molecule has 25 heavy (non-hydrogen) atoms. The number of aromatic nitrogens is 3. The van der Waals surface area contributed by atoms with Crippen LogP contribution < -0.4 is 10.6 Å². The largest absolute Gasteiger partial charge is 0.403 e. The van der Waals surface area contributed by atoms with Crippen LogP contribution >= 0.6 is 0 Å². The molecular formula is C16H18F3N5O.